The largest absolute Gasteiger partial charge is 0.693 e. The van der Waals surface area contributed by atoms with Crippen LogP contribution in [0.4, 0.5) is 0 Å². The Morgan fingerprint density at radius 2 is 0.750 bits per heavy atom. The molecule has 0 aliphatic carbocycles. The Labute approximate surface area is 71.5 Å². The van der Waals surface area contributed by atoms with Crippen LogP contribution in [0.5, 0.6) is 0 Å². The molecule has 0 heterocycles. The maximum absolute atomic E-state index is 4.85. The number of hydrogen-bond donors (Lipinski definition) is 0. The maximum Gasteiger partial charge on any atom is -0.693 e. The normalized spacial score (nSPS) is 2.75. The minimum absolute atomic E-state index is 0. The topological polar surface area (TPSA) is 134 Å². The van der Waals surface area contributed by atoms with E-state index in [0.29, 0.717) is 0 Å². The summed E-state index contributed by atoms with van der Waals surface area (Å²) >= 11 is -0.346. The molecule has 0 amide bonds. The van der Waals surface area contributed by atoms with Crippen molar-refractivity contribution in [3.05, 3.63) is 24.6 Å². The molecule has 8 heteroatoms. The van der Waals surface area contributed by atoms with Crippen molar-refractivity contribution in [2.24, 2.45) is 0 Å². The molecular formula is H9Cl3N4Ru-4. The molecule has 0 aliphatic rings. The minimum Gasteiger partial charge on any atom is -0.693 e. The molecule has 0 radical (unpaired) electrons. The summed E-state index contributed by atoms with van der Waals surface area (Å²) in [6.07, 6.45) is 0. The van der Waals surface area contributed by atoms with Gasteiger partial charge < -0.3 is 24.6 Å². The summed E-state index contributed by atoms with van der Waals surface area (Å²) in [6, 6.07) is 0. The van der Waals surface area contributed by atoms with Crippen LogP contribution >= 0.6 is 31.8 Å². The van der Waals surface area contributed by atoms with Crippen molar-refractivity contribution in [1.29, 1.82) is 0 Å². The second-order valence-electron chi connectivity index (χ2n) is 0.0505. The Bertz CT molecular complexity index is 11.2. The maximum atomic E-state index is 4.85. The summed E-state index contributed by atoms with van der Waals surface area (Å²) in [5, 5.41) is 0. The van der Waals surface area contributed by atoms with Crippen molar-refractivity contribution in [1.82, 2.24) is 0 Å². The van der Waals surface area contributed by atoms with Gasteiger partial charge in [0.05, 0.1) is 0 Å². The molecule has 0 aliphatic heterocycles. The van der Waals surface area contributed by atoms with Gasteiger partial charge in [-0.15, -0.1) is 12.4 Å². The van der Waals surface area contributed by atoms with Crippen LogP contribution in [0.3, 0.4) is 0 Å². The summed E-state index contributed by atoms with van der Waals surface area (Å²) in [6.45, 7) is 0. The fraction of sp³-hybridized carbons (Fsp3) is 0. The van der Waals surface area contributed by atoms with Crippen molar-refractivity contribution in [3.8, 4) is 0 Å². The van der Waals surface area contributed by atoms with Crippen molar-refractivity contribution >= 4 is 31.8 Å². The van der Waals surface area contributed by atoms with Crippen molar-refractivity contribution in [2.75, 3.05) is 0 Å². The van der Waals surface area contributed by atoms with Gasteiger partial charge >= 0.3 is 34.5 Å². The summed E-state index contributed by atoms with van der Waals surface area (Å²) in [4.78, 5) is 0. The number of rotatable bonds is 0. The van der Waals surface area contributed by atoms with E-state index < -0.39 is 0 Å². The van der Waals surface area contributed by atoms with Crippen molar-refractivity contribution in [3.63, 3.8) is 0 Å². The molecule has 0 aromatic heterocycles. The summed E-state index contributed by atoms with van der Waals surface area (Å²) in [7, 11) is 9.71. The van der Waals surface area contributed by atoms with E-state index in [9.17, 15) is 0 Å². The zero-order valence-corrected chi connectivity index (χ0v) is 7.89. The molecule has 0 unspecified atom stereocenters. The summed E-state index contributed by atoms with van der Waals surface area (Å²) in [5.74, 6) is 0. The molecule has 62 valence electrons. The first-order valence-electron chi connectivity index (χ1n) is 0.267. The number of halogens is 3. The summed E-state index contributed by atoms with van der Waals surface area (Å²) < 4.78 is 0. The molecule has 8 N–H and O–H groups in total. The Kier molecular flexibility index (Phi) is 600. The van der Waals surface area contributed by atoms with Gasteiger partial charge in [0.25, 0.3) is 0 Å². The molecule has 0 bridgehead atoms. The Hall–Kier alpha value is 1.33. The van der Waals surface area contributed by atoms with E-state index in [0.717, 1.165) is 0 Å². The molecule has 8 heavy (non-hydrogen) atoms. The van der Waals surface area contributed by atoms with Crippen LogP contribution < -0.4 is 0 Å². The SMILES string of the molecule is Cl.[Cl][Ru][Cl].[NH2-].[NH2-].[NH2-].[NH2-]. The zero-order chi connectivity index (χ0) is 2.71. The van der Waals surface area contributed by atoms with Crippen LogP contribution in [0.15, 0.2) is 0 Å². The Morgan fingerprint density at radius 1 is 0.750 bits per heavy atom. The van der Waals surface area contributed by atoms with Gasteiger partial charge in [-0.3, -0.25) is 0 Å². The van der Waals surface area contributed by atoms with Crippen LogP contribution in [0.2, 0.25) is 0 Å². The molecule has 0 aromatic rings. The van der Waals surface area contributed by atoms with Crippen LogP contribution in [-0.4, -0.2) is 0 Å². The number of hydrogen-bond acceptors (Lipinski definition) is 0. The monoisotopic (exact) mass is 272 g/mol. The van der Waals surface area contributed by atoms with Gasteiger partial charge in [0, 0.05) is 0 Å². The first-order valence-corrected chi connectivity index (χ1v) is 4.74. The third-order valence-electron chi connectivity index (χ3n) is 0. The second kappa shape index (κ2) is 82.3. The van der Waals surface area contributed by atoms with Gasteiger partial charge in [-0.1, -0.05) is 0 Å². The molecule has 0 saturated heterocycles. The Morgan fingerprint density at radius 3 is 0.750 bits per heavy atom. The van der Waals surface area contributed by atoms with Gasteiger partial charge in [-0.25, -0.2) is 0 Å². The second-order valence-corrected chi connectivity index (χ2v) is 2.69. The van der Waals surface area contributed by atoms with E-state index in [1.54, 1.807) is 0 Å². The van der Waals surface area contributed by atoms with Crippen LogP contribution in [0.25, 0.3) is 24.6 Å². The Balaban J connectivity index is -0.00000000200. The minimum atomic E-state index is -0.346. The van der Waals surface area contributed by atoms with Crippen LogP contribution in [0.1, 0.15) is 0 Å². The molecule has 4 nitrogen and oxygen atoms in total. The predicted octanol–water partition coefficient (Wildman–Crippen LogP) is 4.67. The average molecular weight is 273 g/mol. The molecule has 0 rings (SSSR count). The molecule has 0 aromatic carbocycles. The van der Waals surface area contributed by atoms with E-state index >= 15 is 0 Å². The molecule has 0 atom stereocenters. The molecule has 0 saturated carbocycles. The van der Waals surface area contributed by atoms with E-state index in [1.165, 1.54) is 0 Å². The fourth-order valence-corrected chi connectivity index (χ4v) is 0. The standard InChI is InChI=1S/3ClH.4H2N.Ru/h3*1H;4*1H2;/q;;;4*-1;+2/p-2. The molecule has 0 spiro atoms. The van der Waals surface area contributed by atoms with Gasteiger partial charge in [-0.2, -0.15) is 0 Å². The third-order valence-corrected chi connectivity index (χ3v) is 0. The third kappa shape index (κ3) is 165. The zero-order valence-electron chi connectivity index (χ0n) is 3.83. The average Bonchev–Trinajstić information content (AvgIpc) is 0.918. The predicted molar refractivity (Wildman–Crippen MR) is 40.1 cm³/mol. The van der Waals surface area contributed by atoms with Gasteiger partial charge in [0.15, 0.2) is 0 Å². The number of nitrogens with two attached hydrogens (primary N) is 4. The molecule has 0 fully saturated rings. The van der Waals surface area contributed by atoms with Gasteiger partial charge in [-0.05, 0) is 0 Å². The van der Waals surface area contributed by atoms with E-state index in [2.05, 4.69) is 0 Å². The first-order chi connectivity index (χ1) is 1.41. The van der Waals surface area contributed by atoms with Crippen LogP contribution in [0, 0.1) is 0 Å². The fourth-order valence-electron chi connectivity index (χ4n) is 0. The van der Waals surface area contributed by atoms with Gasteiger partial charge in [0.2, 0.25) is 0 Å². The van der Waals surface area contributed by atoms with Crippen molar-refractivity contribution in [2.45, 2.75) is 0 Å². The van der Waals surface area contributed by atoms with Crippen molar-refractivity contribution < 1.29 is 15.1 Å². The van der Waals surface area contributed by atoms with E-state index in [4.69, 9.17) is 19.4 Å². The van der Waals surface area contributed by atoms with Gasteiger partial charge in [0.1, 0.15) is 0 Å². The van der Waals surface area contributed by atoms with E-state index in [1.807, 2.05) is 0 Å². The quantitative estimate of drug-likeness (QED) is 0.566. The smallest absolute Gasteiger partial charge is 0.693 e. The van der Waals surface area contributed by atoms with E-state index in [-0.39, 0.29) is 52.2 Å². The first kappa shape index (κ1) is 58.3. The summed E-state index contributed by atoms with van der Waals surface area (Å²) in [5.41, 5.74) is 0. The molecular weight excluding hydrogens is 263 g/mol. The van der Waals surface area contributed by atoms with Crippen LogP contribution in [-0.2, 0) is 15.1 Å².